The molecule has 8 heteroatoms. The number of carbonyl (C=O) groups excluding carboxylic acids is 2. The minimum absolute atomic E-state index is 0.192. The predicted octanol–water partition coefficient (Wildman–Crippen LogP) is 2.71. The van der Waals surface area contributed by atoms with Crippen molar-refractivity contribution in [2.45, 2.75) is 39.2 Å². The molecule has 0 saturated heterocycles. The number of primary amides is 1. The summed E-state index contributed by atoms with van der Waals surface area (Å²) >= 11 is 1.36. The van der Waals surface area contributed by atoms with E-state index >= 15 is 0 Å². The molecule has 0 saturated carbocycles. The standard InChI is InChI=1S/C20H20N4O3S/c1-2-24-13-9-5-3-7-11(13)17(25)16(23-24)19(27)22-20-15(18(21)26)12-8-4-6-10-14(12)28-20/h3,5,7,9H,2,4,6,8,10H2,1H3,(H2,21,26)(H,22,27). The van der Waals surface area contributed by atoms with E-state index in [4.69, 9.17) is 5.73 Å². The van der Waals surface area contributed by atoms with Crippen LogP contribution in [0.5, 0.6) is 0 Å². The third kappa shape index (κ3) is 2.99. The summed E-state index contributed by atoms with van der Waals surface area (Å²) < 4.78 is 1.63. The smallest absolute Gasteiger partial charge is 0.280 e. The zero-order valence-electron chi connectivity index (χ0n) is 15.4. The number of aromatic nitrogens is 2. The van der Waals surface area contributed by atoms with Crippen LogP contribution in [0.3, 0.4) is 0 Å². The maximum absolute atomic E-state index is 12.9. The number of anilines is 1. The van der Waals surface area contributed by atoms with Crippen LogP contribution in [0.25, 0.3) is 10.9 Å². The van der Waals surface area contributed by atoms with Gasteiger partial charge in [0.2, 0.25) is 5.43 Å². The highest BCUT2D eigenvalue weighted by molar-refractivity contribution is 7.17. The fraction of sp³-hybridized carbons (Fsp3) is 0.300. The van der Waals surface area contributed by atoms with Gasteiger partial charge in [-0.25, -0.2) is 0 Å². The number of thiophene rings is 1. The Morgan fingerprint density at radius 3 is 2.75 bits per heavy atom. The molecule has 0 fully saturated rings. The van der Waals surface area contributed by atoms with Gasteiger partial charge in [-0.2, -0.15) is 5.10 Å². The van der Waals surface area contributed by atoms with E-state index in [2.05, 4.69) is 10.4 Å². The molecule has 3 aromatic rings. The molecule has 2 heterocycles. The van der Waals surface area contributed by atoms with E-state index in [1.165, 1.54) is 11.3 Å². The van der Waals surface area contributed by atoms with Gasteiger partial charge >= 0.3 is 0 Å². The van der Waals surface area contributed by atoms with Crippen LogP contribution >= 0.6 is 11.3 Å². The zero-order chi connectivity index (χ0) is 19.8. The van der Waals surface area contributed by atoms with Crippen LogP contribution in [0.4, 0.5) is 5.00 Å². The normalized spacial score (nSPS) is 13.3. The first-order valence-corrected chi connectivity index (χ1v) is 10.1. The Hall–Kier alpha value is -3.00. The van der Waals surface area contributed by atoms with Gasteiger partial charge in [0, 0.05) is 16.8 Å². The zero-order valence-corrected chi connectivity index (χ0v) is 16.3. The summed E-state index contributed by atoms with van der Waals surface area (Å²) in [5, 5.41) is 7.82. The van der Waals surface area contributed by atoms with E-state index in [0.717, 1.165) is 36.1 Å². The summed E-state index contributed by atoms with van der Waals surface area (Å²) in [6.45, 7) is 2.41. The minimum Gasteiger partial charge on any atom is -0.365 e. The van der Waals surface area contributed by atoms with Crippen LogP contribution < -0.4 is 16.5 Å². The Kier molecular flexibility index (Phi) is 4.72. The number of carbonyl (C=O) groups is 2. The van der Waals surface area contributed by atoms with Crippen molar-refractivity contribution in [2.24, 2.45) is 5.73 Å². The van der Waals surface area contributed by atoms with Crippen LogP contribution in [-0.4, -0.2) is 21.6 Å². The van der Waals surface area contributed by atoms with E-state index in [9.17, 15) is 14.4 Å². The summed E-state index contributed by atoms with van der Waals surface area (Å²) in [6, 6.07) is 7.06. The summed E-state index contributed by atoms with van der Waals surface area (Å²) in [5.41, 5.74) is 6.93. The van der Waals surface area contributed by atoms with Crippen molar-refractivity contribution in [2.75, 3.05) is 5.32 Å². The number of nitrogens with zero attached hydrogens (tertiary/aromatic N) is 2. The van der Waals surface area contributed by atoms with E-state index in [1.54, 1.807) is 22.9 Å². The molecule has 2 amide bonds. The molecule has 0 bridgehead atoms. The van der Waals surface area contributed by atoms with Crippen molar-refractivity contribution < 1.29 is 9.59 Å². The molecule has 28 heavy (non-hydrogen) atoms. The molecule has 1 aliphatic carbocycles. The lowest BCUT2D eigenvalue weighted by molar-refractivity contribution is 0.100. The van der Waals surface area contributed by atoms with E-state index in [0.29, 0.717) is 28.0 Å². The Balaban J connectivity index is 1.78. The molecule has 4 rings (SSSR count). The molecule has 2 aromatic heterocycles. The van der Waals surface area contributed by atoms with Gasteiger partial charge in [0.25, 0.3) is 11.8 Å². The van der Waals surface area contributed by atoms with Gasteiger partial charge in [0.1, 0.15) is 5.00 Å². The van der Waals surface area contributed by atoms with Gasteiger partial charge in [-0.15, -0.1) is 11.3 Å². The molecular weight excluding hydrogens is 376 g/mol. The first kappa shape index (κ1) is 18.4. The van der Waals surface area contributed by atoms with E-state index in [-0.39, 0.29) is 5.69 Å². The summed E-state index contributed by atoms with van der Waals surface area (Å²) in [4.78, 5) is 38.8. The maximum Gasteiger partial charge on any atom is 0.280 e. The third-order valence-electron chi connectivity index (χ3n) is 5.02. The SMILES string of the molecule is CCn1nc(C(=O)Nc2sc3c(c2C(N)=O)CCCC3)c(=O)c2ccccc21. The topological polar surface area (TPSA) is 107 Å². The minimum atomic E-state index is -0.626. The molecule has 144 valence electrons. The predicted molar refractivity (Wildman–Crippen MR) is 109 cm³/mol. The number of fused-ring (bicyclic) bond motifs is 2. The number of hydrogen-bond donors (Lipinski definition) is 2. The number of nitrogens with one attached hydrogen (secondary N) is 1. The van der Waals surface area contributed by atoms with Crippen LogP contribution in [0.2, 0.25) is 0 Å². The Labute approximate surface area is 165 Å². The lowest BCUT2D eigenvalue weighted by Gasteiger charge is -2.11. The molecule has 0 atom stereocenters. The maximum atomic E-state index is 12.9. The van der Waals surface area contributed by atoms with Crippen molar-refractivity contribution in [3.05, 3.63) is 56.2 Å². The number of para-hydroxylation sites is 1. The number of rotatable bonds is 4. The number of benzene rings is 1. The average molecular weight is 396 g/mol. The van der Waals surface area contributed by atoms with Crippen LogP contribution in [0, 0.1) is 0 Å². The fourth-order valence-corrected chi connectivity index (χ4v) is 4.99. The molecular formula is C20H20N4O3S. The molecule has 0 radical (unpaired) electrons. The fourth-order valence-electron chi connectivity index (χ4n) is 3.70. The van der Waals surface area contributed by atoms with E-state index < -0.39 is 17.2 Å². The Morgan fingerprint density at radius 2 is 2.00 bits per heavy atom. The molecule has 1 aliphatic rings. The highest BCUT2D eigenvalue weighted by atomic mass is 32.1. The molecule has 3 N–H and O–H groups in total. The second-order valence-corrected chi connectivity index (χ2v) is 7.85. The van der Waals surface area contributed by atoms with Gasteiger partial charge in [0.15, 0.2) is 5.69 Å². The van der Waals surface area contributed by atoms with Crippen LogP contribution in [-0.2, 0) is 19.4 Å². The second kappa shape index (κ2) is 7.20. The Morgan fingerprint density at radius 1 is 1.25 bits per heavy atom. The molecule has 0 unspecified atom stereocenters. The van der Waals surface area contributed by atoms with Crippen molar-refractivity contribution in [3.8, 4) is 0 Å². The highest BCUT2D eigenvalue weighted by Gasteiger charge is 2.26. The van der Waals surface area contributed by atoms with Gasteiger partial charge in [-0.05, 0) is 50.3 Å². The number of amides is 2. The average Bonchev–Trinajstić information content (AvgIpc) is 3.06. The lowest BCUT2D eigenvalue weighted by Crippen LogP contribution is -2.27. The monoisotopic (exact) mass is 396 g/mol. The molecule has 7 nitrogen and oxygen atoms in total. The molecule has 0 spiro atoms. The summed E-state index contributed by atoms with van der Waals surface area (Å²) in [7, 11) is 0. The largest absolute Gasteiger partial charge is 0.365 e. The van der Waals surface area contributed by atoms with Crippen molar-refractivity contribution in [1.82, 2.24) is 9.78 Å². The first-order valence-electron chi connectivity index (χ1n) is 9.26. The van der Waals surface area contributed by atoms with Crippen molar-refractivity contribution >= 4 is 39.1 Å². The van der Waals surface area contributed by atoms with Gasteiger partial charge in [-0.1, -0.05) is 12.1 Å². The molecule has 0 aliphatic heterocycles. The van der Waals surface area contributed by atoms with Gasteiger partial charge < -0.3 is 11.1 Å². The van der Waals surface area contributed by atoms with Crippen molar-refractivity contribution in [1.29, 1.82) is 0 Å². The quantitative estimate of drug-likeness (QED) is 0.707. The van der Waals surface area contributed by atoms with Crippen LogP contribution in [0.1, 0.15) is 51.1 Å². The Bertz CT molecular complexity index is 1160. The molecule has 1 aromatic carbocycles. The number of nitrogens with two attached hydrogens (primary N) is 1. The summed E-state index contributed by atoms with van der Waals surface area (Å²) in [6.07, 6.45) is 3.68. The van der Waals surface area contributed by atoms with Gasteiger partial charge in [0.05, 0.1) is 11.1 Å². The summed E-state index contributed by atoms with van der Waals surface area (Å²) in [5.74, 6) is -1.19. The van der Waals surface area contributed by atoms with E-state index in [1.807, 2.05) is 13.0 Å². The third-order valence-corrected chi connectivity index (χ3v) is 6.23. The first-order chi connectivity index (χ1) is 13.5. The number of aryl methyl sites for hydroxylation is 2. The lowest BCUT2D eigenvalue weighted by atomic mass is 9.95. The highest BCUT2D eigenvalue weighted by Crippen LogP contribution is 2.38. The van der Waals surface area contributed by atoms with Crippen LogP contribution in [0.15, 0.2) is 29.1 Å². The van der Waals surface area contributed by atoms with Crippen molar-refractivity contribution in [3.63, 3.8) is 0 Å². The second-order valence-electron chi connectivity index (χ2n) is 6.74. The number of hydrogen-bond acceptors (Lipinski definition) is 5. The van der Waals surface area contributed by atoms with Gasteiger partial charge in [-0.3, -0.25) is 19.1 Å².